The lowest BCUT2D eigenvalue weighted by Gasteiger charge is -2.13. The summed E-state index contributed by atoms with van der Waals surface area (Å²) in [5, 5.41) is 0. The van der Waals surface area contributed by atoms with E-state index in [2.05, 4.69) is 61.8 Å². The predicted octanol–water partition coefficient (Wildman–Crippen LogP) is 4.74. The van der Waals surface area contributed by atoms with E-state index in [0.717, 1.165) is 18.8 Å². The number of hydrogen-bond donors (Lipinski definition) is 0. The van der Waals surface area contributed by atoms with Crippen LogP contribution in [0.3, 0.4) is 0 Å². The van der Waals surface area contributed by atoms with E-state index in [9.17, 15) is 0 Å². The summed E-state index contributed by atoms with van der Waals surface area (Å²) in [6.07, 6.45) is 1.06. The van der Waals surface area contributed by atoms with Crippen molar-refractivity contribution < 1.29 is 4.74 Å². The van der Waals surface area contributed by atoms with Crippen LogP contribution in [-0.4, -0.2) is 6.61 Å². The van der Waals surface area contributed by atoms with Gasteiger partial charge < -0.3 is 4.74 Å². The van der Waals surface area contributed by atoms with Crippen molar-refractivity contribution in [3.05, 3.63) is 29.3 Å². The Hall–Kier alpha value is -0.500. The zero-order valence-corrected chi connectivity index (χ0v) is 13.2. The van der Waals surface area contributed by atoms with Crippen LogP contribution in [0.15, 0.2) is 18.2 Å². The molecule has 18 heavy (non-hydrogen) atoms. The van der Waals surface area contributed by atoms with Crippen LogP contribution in [0, 0.1) is 16.7 Å². The van der Waals surface area contributed by atoms with Crippen LogP contribution in [-0.2, 0) is 6.42 Å². The van der Waals surface area contributed by atoms with Gasteiger partial charge >= 0.3 is 0 Å². The third kappa shape index (κ3) is 1.57. The van der Waals surface area contributed by atoms with Gasteiger partial charge in [0.05, 0.1) is 6.61 Å². The van der Waals surface area contributed by atoms with Crippen LogP contribution in [0.5, 0.6) is 5.75 Å². The zero-order valence-electron chi connectivity index (χ0n) is 11.6. The number of alkyl halides is 1. The third-order valence-corrected chi connectivity index (χ3v) is 6.51. The minimum atomic E-state index is 0.413. The molecular weight excluding hydrogens is 288 g/mol. The molecule has 3 rings (SSSR count). The number of hydrogen-bond acceptors (Lipinski definition) is 1. The summed E-state index contributed by atoms with van der Waals surface area (Å²) in [5.41, 5.74) is 3.60. The van der Waals surface area contributed by atoms with Gasteiger partial charge in [-0.3, -0.25) is 0 Å². The summed E-state index contributed by atoms with van der Waals surface area (Å²) < 4.78 is 5.58. The second-order valence-corrected chi connectivity index (χ2v) is 7.77. The summed E-state index contributed by atoms with van der Waals surface area (Å²) in [4.78, 5) is 0.452. The van der Waals surface area contributed by atoms with E-state index in [1.807, 2.05) is 0 Å². The molecule has 1 heterocycles. The van der Waals surface area contributed by atoms with E-state index in [4.69, 9.17) is 4.74 Å². The fraction of sp³-hybridized carbons (Fsp3) is 0.625. The minimum Gasteiger partial charge on any atom is -0.493 e. The van der Waals surface area contributed by atoms with E-state index in [-0.39, 0.29) is 0 Å². The fourth-order valence-electron chi connectivity index (χ4n) is 3.55. The Bertz CT molecular complexity index is 476. The molecule has 1 aromatic carbocycles. The van der Waals surface area contributed by atoms with Gasteiger partial charge in [-0.15, -0.1) is 0 Å². The largest absolute Gasteiger partial charge is 0.493 e. The first-order valence-corrected chi connectivity index (χ1v) is 7.67. The predicted molar refractivity (Wildman–Crippen MR) is 78.4 cm³/mol. The van der Waals surface area contributed by atoms with Crippen molar-refractivity contribution >= 4 is 15.9 Å². The van der Waals surface area contributed by atoms with Gasteiger partial charge in [0.2, 0.25) is 0 Å². The molecule has 98 valence electrons. The number of rotatable bonds is 2. The maximum atomic E-state index is 5.58. The second kappa shape index (κ2) is 3.75. The van der Waals surface area contributed by atoms with E-state index in [0.29, 0.717) is 21.6 Å². The van der Waals surface area contributed by atoms with Crippen LogP contribution in [0.1, 0.15) is 43.6 Å². The van der Waals surface area contributed by atoms with Gasteiger partial charge in [0, 0.05) is 11.2 Å². The van der Waals surface area contributed by atoms with Crippen LogP contribution < -0.4 is 4.74 Å². The number of ether oxygens (including phenoxy) is 1. The molecule has 2 aliphatic rings. The van der Waals surface area contributed by atoms with E-state index >= 15 is 0 Å². The molecule has 2 heteroatoms. The molecule has 1 atom stereocenters. The van der Waals surface area contributed by atoms with Gasteiger partial charge in [0.15, 0.2) is 0 Å². The molecule has 0 bridgehead atoms. The Morgan fingerprint density at radius 2 is 1.89 bits per heavy atom. The molecule has 1 saturated carbocycles. The highest BCUT2D eigenvalue weighted by Gasteiger charge is 2.66. The summed E-state index contributed by atoms with van der Waals surface area (Å²) in [6.45, 7) is 10.3. The van der Waals surface area contributed by atoms with E-state index in [1.165, 1.54) is 11.1 Å². The van der Waals surface area contributed by atoms with Crippen LogP contribution in [0.4, 0.5) is 0 Å². The van der Waals surface area contributed by atoms with Gasteiger partial charge in [-0.1, -0.05) is 55.8 Å². The molecule has 0 radical (unpaired) electrons. The molecular formula is C16H21BrO. The summed E-state index contributed by atoms with van der Waals surface area (Å²) in [6, 6.07) is 6.68. The topological polar surface area (TPSA) is 9.23 Å². The average molecular weight is 309 g/mol. The SMILES string of the molecule is CC1(C)C(C(Br)c2ccc3c(c2)CCO3)C1(C)C. The molecule has 1 unspecified atom stereocenters. The molecule has 1 aliphatic heterocycles. The molecule has 1 nitrogen and oxygen atoms in total. The van der Waals surface area contributed by atoms with Crippen LogP contribution in [0.25, 0.3) is 0 Å². The minimum absolute atomic E-state index is 0.413. The van der Waals surface area contributed by atoms with Crippen molar-refractivity contribution in [1.82, 2.24) is 0 Å². The molecule has 0 aromatic heterocycles. The van der Waals surface area contributed by atoms with Crippen molar-refractivity contribution in [1.29, 1.82) is 0 Å². The van der Waals surface area contributed by atoms with E-state index < -0.39 is 0 Å². The molecule has 0 saturated heterocycles. The van der Waals surface area contributed by atoms with Crippen molar-refractivity contribution in [2.45, 2.75) is 38.9 Å². The van der Waals surface area contributed by atoms with Gasteiger partial charge in [-0.05, 0) is 33.9 Å². The Morgan fingerprint density at radius 1 is 1.22 bits per heavy atom. The van der Waals surface area contributed by atoms with Gasteiger partial charge in [0.25, 0.3) is 0 Å². The molecule has 0 amide bonds. The number of benzene rings is 1. The fourth-order valence-corrected chi connectivity index (χ4v) is 5.16. The van der Waals surface area contributed by atoms with Crippen molar-refractivity contribution in [3.8, 4) is 5.75 Å². The molecule has 1 fully saturated rings. The standard InChI is InChI=1S/C16H21BrO/c1-15(2)14(16(15,3)4)13(17)11-5-6-12-10(9-11)7-8-18-12/h5-6,9,13-14H,7-8H2,1-4H3. The van der Waals surface area contributed by atoms with E-state index in [1.54, 1.807) is 0 Å². The first-order valence-electron chi connectivity index (χ1n) is 6.75. The molecule has 1 aliphatic carbocycles. The quantitative estimate of drug-likeness (QED) is 0.717. The summed E-state index contributed by atoms with van der Waals surface area (Å²) in [5.74, 6) is 1.78. The lowest BCUT2D eigenvalue weighted by molar-refractivity contribution is 0.357. The summed E-state index contributed by atoms with van der Waals surface area (Å²) >= 11 is 3.93. The maximum Gasteiger partial charge on any atom is 0.122 e. The van der Waals surface area contributed by atoms with Gasteiger partial charge in [-0.25, -0.2) is 0 Å². The highest BCUT2D eigenvalue weighted by molar-refractivity contribution is 9.09. The Morgan fingerprint density at radius 3 is 2.50 bits per heavy atom. The Labute approximate surface area is 118 Å². The second-order valence-electron chi connectivity index (χ2n) is 6.79. The molecule has 1 aromatic rings. The number of halogens is 1. The average Bonchev–Trinajstić information content (AvgIpc) is 2.69. The third-order valence-electron chi connectivity index (χ3n) is 5.46. The lowest BCUT2D eigenvalue weighted by atomic mass is 10.00. The van der Waals surface area contributed by atoms with Crippen molar-refractivity contribution in [2.24, 2.45) is 16.7 Å². The zero-order chi connectivity index (χ0) is 13.1. The van der Waals surface area contributed by atoms with Gasteiger partial charge in [0.1, 0.15) is 5.75 Å². The monoisotopic (exact) mass is 308 g/mol. The Balaban J connectivity index is 1.88. The first-order chi connectivity index (χ1) is 8.35. The maximum absolute atomic E-state index is 5.58. The highest BCUT2D eigenvalue weighted by Crippen LogP contribution is 2.74. The molecule has 0 N–H and O–H groups in total. The normalized spacial score (nSPS) is 25.4. The molecule has 0 spiro atoms. The first kappa shape index (κ1) is 12.5. The highest BCUT2D eigenvalue weighted by atomic mass is 79.9. The lowest BCUT2D eigenvalue weighted by Crippen LogP contribution is -1.99. The Kier molecular flexibility index (Phi) is 2.61. The van der Waals surface area contributed by atoms with Crippen LogP contribution >= 0.6 is 15.9 Å². The van der Waals surface area contributed by atoms with Crippen LogP contribution in [0.2, 0.25) is 0 Å². The summed E-state index contributed by atoms with van der Waals surface area (Å²) in [7, 11) is 0. The number of fused-ring (bicyclic) bond motifs is 1. The smallest absolute Gasteiger partial charge is 0.122 e. The van der Waals surface area contributed by atoms with Crippen molar-refractivity contribution in [2.75, 3.05) is 6.61 Å². The van der Waals surface area contributed by atoms with Crippen molar-refractivity contribution in [3.63, 3.8) is 0 Å². The van der Waals surface area contributed by atoms with Gasteiger partial charge in [-0.2, -0.15) is 0 Å².